The van der Waals surface area contributed by atoms with Crippen molar-refractivity contribution in [1.29, 1.82) is 0 Å². The number of hydrogen-bond donors (Lipinski definition) is 1. The molecule has 0 aliphatic rings. The fourth-order valence-corrected chi connectivity index (χ4v) is 6.66. The van der Waals surface area contributed by atoms with E-state index in [0.717, 1.165) is 27.8 Å². The van der Waals surface area contributed by atoms with Gasteiger partial charge in [0.15, 0.2) is 0 Å². The third-order valence-corrected chi connectivity index (χ3v) is 9.35. The first-order chi connectivity index (χ1) is 21.0. The van der Waals surface area contributed by atoms with Crippen LogP contribution in [0.2, 0.25) is 0 Å². The predicted octanol–water partition coefficient (Wildman–Crippen LogP) is 5.89. The highest BCUT2D eigenvalue weighted by molar-refractivity contribution is 7.92. The van der Waals surface area contributed by atoms with Crippen molar-refractivity contribution < 1.29 is 18.0 Å². The van der Waals surface area contributed by atoms with Crippen LogP contribution in [0.1, 0.15) is 40.3 Å². The van der Waals surface area contributed by atoms with Crippen molar-refractivity contribution in [2.45, 2.75) is 58.5 Å². The van der Waals surface area contributed by atoms with Crippen LogP contribution in [0.15, 0.2) is 102 Å². The Morgan fingerprint density at radius 3 is 2.05 bits per heavy atom. The SMILES string of the molecule is CCNC(=O)[C@@H](Cc1ccccc1)N(Cc1cccc(C)c1)C(=O)CN(c1cc(C)ccc1C)S(=O)(=O)c1ccc(C)cc1. The van der Waals surface area contributed by atoms with Crippen molar-refractivity contribution in [1.82, 2.24) is 10.2 Å². The molecule has 4 aromatic carbocycles. The summed E-state index contributed by atoms with van der Waals surface area (Å²) in [6.07, 6.45) is 0.276. The van der Waals surface area contributed by atoms with Crippen LogP contribution in [-0.2, 0) is 32.6 Å². The highest BCUT2D eigenvalue weighted by Crippen LogP contribution is 2.29. The zero-order chi connectivity index (χ0) is 31.9. The van der Waals surface area contributed by atoms with E-state index in [-0.39, 0.29) is 23.8 Å². The molecule has 7 nitrogen and oxygen atoms in total. The molecule has 44 heavy (non-hydrogen) atoms. The summed E-state index contributed by atoms with van der Waals surface area (Å²) in [5.74, 6) is -0.771. The Balaban J connectivity index is 1.83. The van der Waals surface area contributed by atoms with Gasteiger partial charge in [-0.3, -0.25) is 13.9 Å². The highest BCUT2D eigenvalue weighted by atomic mass is 32.2. The molecule has 1 atom stereocenters. The average Bonchev–Trinajstić information content (AvgIpc) is 2.99. The molecule has 0 aliphatic carbocycles. The molecule has 0 aromatic heterocycles. The zero-order valence-corrected chi connectivity index (χ0v) is 26.9. The predicted molar refractivity (Wildman–Crippen MR) is 176 cm³/mol. The Kier molecular flexibility index (Phi) is 10.6. The minimum Gasteiger partial charge on any atom is -0.355 e. The molecule has 0 heterocycles. The second-order valence-corrected chi connectivity index (χ2v) is 13.1. The smallest absolute Gasteiger partial charge is 0.264 e. The summed E-state index contributed by atoms with van der Waals surface area (Å²) in [7, 11) is -4.15. The lowest BCUT2D eigenvalue weighted by molar-refractivity contribution is -0.140. The number of aryl methyl sites for hydroxylation is 4. The maximum Gasteiger partial charge on any atom is 0.264 e. The third-order valence-electron chi connectivity index (χ3n) is 7.58. The van der Waals surface area contributed by atoms with Crippen molar-refractivity contribution in [3.05, 3.63) is 130 Å². The first kappa shape index (κ1) is 32.5. The summed E-state index contributed by atoms with van der Waals surface area (Å²) in [6, 6.07) is 28.6. The third kappa shape index (κ3) is 7.94. The maximum atomic E-state index is 14.5. The number of nitrogens with zero attached hydrogens (tertiary/aromatic N) is 2. The summed E-state index contributed by atoms with van der Waals surface area (Å²) < 4.78 is 29.7. The summed E-state index contributed by atoms with van der Waals surface area (Å²) in [5.41, 5.74) is 5.69. The number of nitrogens with one attached hydrogen (secondary N) is 1. The molecule has 230 valence electrons. The Morgan fingerprint density at radius 2 is 1.39 bits per heavy atom. The number of benzene rings is 4. The number of likely N-dealkylation sites (N-methyl/N-ethyl adjacent to an activating group) is 1. The van der Waals surface area contributed by atoms with Crippen molar-refractivity contribution in [3.8, 4) is 0 Å². The molecule has 0 saturated carbocycles. The summed E-state index contributed by atoms with van der Waals surface area (Å²) in [4.78, 5) is 29.8. The van der Waals surface area contributed by atoms with Gasteiger partial charge in [-0.05, 0) is 75.1 Å². The summed E-state index contributed by atoms with van der Waals surface area (Å²) in [5, 5.41) is 2.90. The second kappa shape index (κ2) is 14.4. The van der Waals surface area contributed by atoms with Gasteiger partial charge in [-0.25, -0.2) is 8.42 Å². The summed E-state index contributed by atoms with van der Waals surface area (Å²) >= 11 is 0. The van der Waals surface area contributed by atoms with Crippen molar-refractivity contribution in [3.63, 3.8) is 0 Å². The van der Waals surface area contributed by atoms with Gasteiger partial charge < -0.3 is 10.2 Å². The van der Waals surface area contributed by atoms with Crippen LogP contribution in [0.3, 0.4) is 0 Å². The standard InChI is InChI=1S/C36H41N3O4S/c1-6-37-36(41)34(23-30-12-8-7-9-13-30)38(24-31-14-10-11-27(3)21-31)35(40)25-39(33-22-28(4)15-18-29(33)5)44(42,43)32-19-16-26(2)17-20-32/h7-22,34H,6,23-25H2,1-5H3,(H,37,41)/t34-/m1/s1. The first-order valence-electron chi connectivity index (χ1n) is 14.8. The van der Waals surface area contributed by atoms with Gasteiger partial charge in [-0.1, -0.05) is 90.0 Å². The van der Waals surface area contributed by atoms with Gasteiger partial charge >= 0.3 is 0 Å². The molecular formula is C36H41N3O4S. The molecular weight excluding hydrogens is 570 g/mol. The molecule has 8 heteroatoms. The van der Waals surface area contributed by atoms with Gasteiger partial charge in [0.25, 0.3) is 10.0 Å². The van der Waals surface area contributed by atoms with E-state index in [0.29, 0.717) is 17.8 Å². The van der Waals surface area contributed by atoms with Gasteiger partial charge in [0, 0.05) is 19.5 Å². The van der Waals surface area contributed by atoms with Gasteiger partial charge in [0.05, 0.1) is 10.6 Å². The Hall–Kier alpha value is -4.43. The van der Waals surface area contributed by atoms with E-state index in [1.807, 2.05) is 101 Å². The maximum absolute atomic E-state index is 14.5. The molecule has 0 radical (unpaired) electrons. The van der Waals surface area contributed by atoms with Crippen molar-refractivity contribution >= 4 is 27.5 Å². The number of sulfonamides is 1. The van der Waals surface area contributed by atoms with Gasteiger partial charge in [0.1, 0.15) is 12.6 Å². The topological polar surface area (TPSA) is 86.8 Å². The Morgan fingerprint density at radius 1 is 0.750 bits per heavy atom. The van der Waals surface area contributed by atoms with Crippen LogP contribution in [-0.4, -0.2) is 44.3 Å². The Bertz CT molecular complexity index is 1700. The van der Waals surface area contributed by atoms with Crippen LogP contribution >= 0.6 is 0 Å². The lowest BCUT2D eigenvalue weighted by Gasteiger charge is -2.34. The summed E-state index contributed by atoms with van der Waals surface area (Å²) in [6.45, 7) is 9.47. The fraction of sp³-hybridized carbons (Fsp3) is 0.278. The number of carbonyl (C=O) groups excluding carboxylic acids is 2. The molecule has 0 spiro atoms. The largest absolute Gasteiger partial charge is 0.355 e. The van der Waals surface area contributed by atoms with Crippen LogP contribution in [0.4, 0.5) is 5.69 Å². The van der Waals surface area contributed by atoms with E-state index < -0.39 is 28.5 Å². The van der Waals surface area contributed by atoms with Crippen LogP contribution in [0, 0.1) is 27.7 Å². The molecule has 0 bridgehead atoms. The van der Waals surface area contributed by atoms with Gasteiger partial charge in [-0.15, -0.1) is 0 Å². The van der Waals surface area contributed by atoms with E-state index in [9.17, 15) is 18.0 Å². The molecule has 4 rings (SSSR count). The van der Waals surface area contributed by atoms with E-state index in [2.05, 4.69) is 5.32 Å². The average molecular weight is 612 g/mol. The molecule has 0 aliphatic heterocycles. The van der Waals surface area contributed by atoms with E-state index in [1.54, 1.807) is 30.3 Å². The Labute approximate surface area is 261 Å². The quantitative estimate of drug-likeness (QED) is 0.216. The van der Waals surface area contributed by atoms with Gasteiger partial charge in [-0.2, -0.15) is 0 Å². The number of carbonyl (C=O) groups is 2. The first-order valence-corrected chi connectivity index (χ1v) is 16.3. The van der Waals surface area contributed by atoms with Crippen LogP contribution < -0.4 is 9.62 Å². The van der Waals surface area contributed by atoms with E-state index in [1.165, 1.54) is 9.21 Å². The normalized spacial score (nSPS) is 11.9. The highest BCUT2D eigenvalue weighted by Gasteiger charge is 2.35. The van der Waals surface area contributed by atoms with Gasteiger partial charge in [0.2, 0.25) is 11.8 Å². The van der Waals surface area contributed by atoms with Crippen molar-refractivity contribution in [2.24, 2.45) is 0 Å². The van der Waals surface area contributed by atoms with Crippen molar-refractivity contribution in [2.75, 3.05) is 17.4 Å². The minimum atomic E-state index is -4.15. The second-order valence-electron chi connectivity index (χ2n) is 11.2. The number of anilines is 1. The number of amides is 2. The molecule has 0 fully saturated rings. The molecule has 0 saturated heterocycles. The zero-order valence-electron chi connectivity index (χ0n) is 26.1. The fourth-order valence-electron chi connectivity index (χ4n) is 5.19. The number of hydrogen-bond acceptors (Lipinski definition) is 4. The van der Waals surface area contributed by atoms with E-state index in [4.69, 9.17) is 0 Å². The molecule has 4 aromatic rings. The lowest BCUT2D eigenvalue weighted by atomic mass is 10.0. The lowest BCUT2D eigenvalue weighted by Crippen LogP contribution is -2.53. The molecule has 1 N–H and O–H groups in total. The minimum absolute atomic E-state index is 0.0894. The number of rotatable bonds is 12. The van der Waals surface area contributed by atoms with Crippen LogP contribution in [0.5, 0.6) is 0 Å². The van der Waals surface area contributed by atoms with Crippen LogP contribution in [0.25, 0.3) is 0 Å². The molecule has 0 unspecified atom stereocenters. The monoisotopic (exact) mass is 611 g/mol. The van der Waals surface area contributed by atoms with E-state index >= 15 is 0 Å². The molecule has 2 amide bonds.